The van der Waals surface area contributed by atoms with Crippen molar-refractivity contribution in [3.05, 3.63) is 81.9 Å². The van der Waals surface area contributed by atoms with Gasteiger partial charge in [-0.1, -0.05) is 12.2 Å². The van der Waals surface area contributed by atoms with Gasteiger partial charge in [0.05, 0.1) is 22.3 Å². The number of allylic oxidation sites excluding steroid dienone is 2. The van der Waals surface area contributed by atoms with Crippen molar-refractivity contribution in [3.63, 3.8) is 0 Å². The summed E-state index contributed by atoms with van der Waals surface area (Å²) in [7, 11) is 0. The number of amides is 2. The number of nitro groups is 1. The highest BCUT2D eigenvalue weighted by Gasteiger charge is 2.67. The van der Waals surface area contributed by atoms with Crippen molar-refractivity contribution >= 4 is 35.2 Å². The minimum absolute atomic E-state index is 0.0441. The highest BCUT2D eigenvalue weighted by atomic mass is 16.6. The number of Topliss-reactive ketones (excluding diaryl/α,β-unsaturated/α-hetero) is 1. The molecule has 1 heterocycles. The molecule has 7 atom stereocenters. The number of esters is 2. The van der Waals surface area contributed by atoms with Gasteiger partial charge in [-0.15, -0.1) is 0 Å². The second-order valence-corrected chi connectivity index (χ2v) is 10.6. The maximum absolute atomic E-state index is 13.2. The van der Waals surface area contributed by atoms with Gasteiger partial charge in [-0.05, 0) is 73.4 Å². The summed E-state index contributed by atoms with van der Waals surface area (Å²) in [5.74, 6) is -2.49. The summed E-state index contributed by atoms with van der Waals surface area (Å²) in [5.41, 5.74) is 0.144. The van der Waals surface area contributed by atoms with Crippen LogP contribution in [-0.2, 0) is 19.1 Å². The number of nitrogens with zero attached hydrogens (tertiary/aromatic N) is 2. The van der Waals surface area contributed by atoms with Gasteiger partial charge < -0.3 is 9.47 Å². The number of nitro benzene ring substituents is 1. The van der Waals surface area contributed by atoms with Crippen LogP contribution in [0.4, 0.5) is 5.69 Å². The van der Waals surface area contributed by atoms with Gasteiger partial charge in [-0.25, -0.2) is 9.59 Å². The Labute approximate surface area is 227 Å². The molecule has 0 N–H and O–H groups in total. The van der Waals surface area contributed by atoms with Crippen molar-refractivity contribution in [1.82, 2.24) is 4.90 Å². The quantitative estimate of drug-likeness (QED) is 0.0929. The zero-order valence-electron chi connectivity index (χ0n) is 21.3. The lowest BCUT2D eigenvalue weighted by atomic mass is 9.63. The number of imide groups is 1. The molecule has 7 rings (SSSR count). The highest BCUT2D eigenvalue weighted by molar-refractivity contribution is 6.09. The predicted molar refractivity (Wildman–Crippen MR) is 136 cm³/mol. The summed E-state index contributed by atoms with van der Waals surface area (Å²) < 4.78 is 10.4. The molecule has 2 aromatic carbocycles. The van der Waals surface area contributed by atoms with Crippen molar-refractivity contribution < 1.29 is 38.4 Å². The number of benzene rings is 2. The van der Waals surface area contributed by atoms with Crippen LogP contribution >= 0.6 is 0 Å². The fourth-order valence-corrected chi connectivity index (χ4v) is 6.40. The Morgan fingerprint density at radius 1 is 0.925 bits per heavy atom. The van der Waals surface area contributed by atoms with Gasteiger partial charge in [0.25, 0.3) is 5.69 Å². The molecular weight excluding hydrogens is 520 g/mol. The van der Waals surface area contributed by atoms with Gasteiger partial charge in [0, 0.05) is 17.7 Å². The molecule has 2 amide bonds. The van der Waals surface area contributed by atoms with Gasteiger partial charge in [-0.2, -0.15) is 0 Å². The number of ether oxygens (including phenoxy) is 2. The lowest BCUT2D eigenvalue weighted by molar-refractivity contribution is -0.384. The zero-order chi connectivity index (χ0) is 28.3. The summed E-state index contributed by atoms with van der Waals surface area (Å²) in [6.45, 7) is 0.842. The number of likely N-dealkylation sites (tertiary alicyclic amines) is 1. The fraction of sp³-hybridized carbons (Fsp3) is 0.345. The van der Waals surface area contributed by atoms with E-state index in [1.165, 1.54) is 55.5 Å². The van der Waals surface area contributed by atoms with Crippen LogP contribution in [0.3, 0.4) is 0 Å². The molecule has 1 saturated heterocycles. The zero-order valence-corrected chi connectivity index (χ0v) is 21.3. The third-order valence-electron chi connectivity index (χ3n) is 8.47. The van der Waals surface area contributed by atoms with Crippen molar-refractivity contribution in [3.8, 4) is 5.75 Å². The Hall–Kier alpha value is -4.67. The lowest BCUT2D eigenvalue weighted by Gasteiger charge is -2.37. The van der Waals surface area contributed by atoms with E-state index in [-0.39, 0.29) is 46.2 Å². The van der Waals surface area contributed by atoms with E-state index in [0.29, 0.717) is 11.8 Å². The molecule has 0 radical (unpaired) electrons. The van der Waals surface area contributed by atoms with Crippen LogP contribution < -0.4 is 4.74 Å². The first kappa shape index (κ1) is 25.6. The van der Waals surface area contributed by atoms with Crippen molar-refractivity contribution in [2.24, 2.45) is 35.5 Å². The Bertz CT molecular complexity index is 1440. The fourth-order valence-electron chi connectivity index (χ4n) is 6.40. The van der Waals surface area contributed by atoms with E-state index in [1.54, 1.807) is 0 Å². The summed E-state index contributed by atoms with van der Waals surface area (Å²) in [6.07, 6.45) is 5.15. The number of hydrogen-bond acceptors (Lipinski definition) is 9. The monoisotopic (exact) mass is 544 g/mol. The minimum atomic E-state index is -1.14. The van der Waals surface area contributed by atoms with Gasteiger partial charge in [0.15, 0.2) is 12.4 Å². The molecule has 40 heavy (non-hydrogen) atoms. The summed E-state index contributed by atoms with van der Waals surface area (Å²) in [5, 5.41) is 10.7. The molecule has 7 unspecified atom stereocenters. The predicted octanol–water partition coefficient (Wildman–Crippen LogP) is 2.98. The molecule has 3 fully saturated rings. The Kier molecular flexibility index (Phi) is 6.09. The molecule has 11 nitrogen and oxygen atoms in total. The third-order valence-corrected chi connectivity index (χ3v) is 8.47. The van der Waals surface area contributed by atoms with Crippen LogP contribution in [0.1, 0.15) is 34.1 Å². The maximum Gasteiger partial charge on any atom is 0.343 e. The number of ketones is 1. The van der Waals surface area contributed by atoms with Gasteiger partial charge >= 0.3 is 11.9 Å². The number of hydrogen-bond donors (Lipinski definition) is 0. The number of non-ortho nitro benzene ring substituents is 1. The van der Waals surface area contributed by atoms with E-state index in [9.17, 15) is 34.1 Å². The Morgan fingerprint density at radius 3 is 2.02 bits per heavy atom. The molecular formula is C29H24N2O9. The van der Waals surface area contributed by atoms with Gasteiger partial charge in [0.1, 0.15) is 11.8 Å². The van der Waals surface area contributed by atoms with Crippen LogP contribution in [0.25, 0.3) is 0 Å². The van der Waals surface area contributed by atoms with Crippen LogP contribution in [0.15, 0.2) is 60.7 Å². The van der Waals surface area contributed by atoms with E-state index >= 15 is 0 Å². The van der Waals surface area contributed by atoms with Crippen LogP contribution in [0.5, 0.6) is 5.75 Å². The Balaban J connectivity index is 1.03. The molecule has 0 aromatic heterocycles. The van der Waals surface area contributed by atoms with Crippen molar-refractivity contribution in [1.29, 1.82) is 0 Å². The number of carbonyl (C=O) groups is 5. The summed E-state index contributed by atoms with van der Waals surface area (Å²) in [4.78, 5) is 75.2. The van der Waals surface area contributed by atoms with E-state index in [4.69, 9.17) is 9.47 Å². The van der Waals surface area contributed by atoms with E-state index in [1.807, 2.05) is 0 Å². The maximum atomic E-state index is 13.2. The lowest BCUT2D eigenvalue weighted by Crippen LogP contribution is -2.45. The molecule has 5 aliphatic rings. The van der Waals surface area contributed by atoms with Gasteiger partial charge in [-0.3, -0.25) is 29.4 Å². The number of rotatable bonds is 8. The molecule has 204 valence electrons. The average Bonchev–Trinajstić information content (AvgIpc) is 3.74. The second kappa shape index (κ2) is 9.51. The highest BCUT2D eigenvalue weighted by Crippen LogP contribution is 2.65. The van der Waals surface area contributed by atoms with Crippen LogP contribution in [0, 0.1) is 45.6 Å². The molecule has 0 spiro atoms. The normalized spacial score (nSPS) is 28.0. The van der Waals surface area contributed by atoms with Crippen molar-refractivity contribution in [2.45, 2.75) is 19.4 Å². The topological polar surface area (TPSA) is 150 Å². The molecule has 2 aromatic rings. The van der Waals surface area contributed by atoms with E-state index in [0.717, 1.165) is 11.3 Å². The van der Waals surface area contributed by atoms with Gasteiger partial charge in [0.2, 0.25) is 11.8 Å². The van der Waals surface area contributed by atoms with Crippen molar-refractivity contribution in [2.75, 3.05) is 6.61 Å². The number of carbonyl (C=O) groups excluding carboxylic acids is 5. The van der Waals surface area contributed by atoms with E-state index in [2.05, 4.69) is 12.2 Å². The average molecular weight is 545 g/mol. The standard InChI is InChI=1S/C29H24N2O9/c1-14(30-26(33)24-19-10-11-20(22-12-21(19)22)25(24)27(30)34)28(35)39-13-23(32)15-4-8-18(9-5-15)40-29(36)16-2-6-17(7-3-16)31(37)38/h2-11,14,19-22,24-25H,12-13H2,1H3. The minimum Gasteiger partial charge on any atom is -0.456 e. The summed E-state index contributed by atoms with van der Waals surface area (Å²) >= 11 is 0. The smallest absolute Gasteiger partial charge is 0.343 e. The molecule has 11 heteroatoms. The SMILES string of the molecule is CC(C(=O)OCC(=O)c1ccc(OC(=O)c2ccc([N+](=O)[O-])cc2)cc1)N1C(=O)C2C3C=CC(C4CC34)C2C1=O. The van der Waals surface area contributed by atoms with Crippen LogP contribution in [0.2, 0.25) is 0 Å². The molecule has 1 aliphatic heterocycles. The first-order chi connectivity index (χ1) is 19.2. The first-order valence-electron chi connectivity index (χ1n) is 13.0. The molecule has 4 aliphatic carbocycles. The molecule has 2 saturated carbocycles. The largest absolute Gasteiger partial charge is 0.456 e. The first-order valence-corrected chi connectivity index (χ1v) is 13.0. The Morgan fingerprint density at radius 2 is 1.48 bits per heavy atom. The van der Waals surface area contributed by atoms with E-state index < -0.39 is 47.1 Å². The summed E-state index contributed by atoms with van der Waals surface area (Å²) in [6, 6.07) is 9.33. The van der Waals surface area contributed by atoms with Crippen LogP contribution in [-0.4, -0.2) is 52.0 Å². The third kappa shape index (κ3) is 4.18. The second-order valence-electron chi connectivity index (χ2n) is 10.6. The molecule has 2 bridgehead atoms.